The SMILES string of the molecule is Cc1cnc(CNC(=O)NCCC(C)CCC(=O)O)o1. The van der Waals surface area contributed by atoms with Crippen LogP contribution >= 0.6 is 0 Å². The van der Waals surface area contributed by atoms with Gasteiger partial charge in [0.2, 0.25) is 5.89 Å². The number of nitrogens with zero attached hydrogens (tertiary/aromatic N) is 1. The molecule has 2 amide bonds. The number of carbonyl (C=O) groups excluding carboxylic acids is 1. The van der Waals surface area contributed by atoms with Crippen LogP contribution in [0.25, 0.3) is 0 Å². The predicted octanol–water partition coefficient (Wildman–Crippen LogP) is 1.67. The Labute approximate surface area is 117 Å². The Morgan fingerprint density at radius 2 is 2.15 bits per heavy atom. The molecule has 0 aromatic carbocycles. The van der Waals surface area contributed by atoms with Gasteiger partial charge < -0.3 is 20.2 Å². The number of oxazole rings is 1. The number of aliphatic carboxylic acids is 1. The van der Waals surface area contributed by atoms with Gasteiger partial charge in [-0.05, 0) is 25.7 Å². The molecule has 0 spiro atoms. The molecular formula is C13H21N3O4. The van der Waals surface area contributed by atoms with Crippen LogP contribution in [0.4, 0.5) is 4.79 Å². The standard InChI is InChI=1S/C13H21N3O4/c1-9(3-4-12(17)18)5-6-14-13(19)16-8-11-15-7-10(2)20-11/h7,9H,3-6,8H2,1-2H3,(H,17,18)(H2,14,16,19). The maximum Gasteiger partial charge on any atom is 0.315 e. The number of carbonyl (C=O) groups is 2. The number of carboxylic acids is 1. The molecule has 0 bridgehead atoms. The first-order valence-electron chi connectivity index (χ1n) is 6.62. The molecular weight excluding hydrogens is 262 g/mol. The number of hydrogen-bond donors (Lipinski definition) is 3. The number of aryl methyl sites for hydroxylation is 1. The lowest BCUT2D eigenvalue weighted by Crippen LogP contribution is -2.36. The van der Waals surface area contributed by atoms with E-state index in [9.17, 15) is 9.59 Å². The molecule has 1 rings (SSSR count). The number of aromatic nitrogens is 1. The van der Waals surface area contributed by atoms with Gasteiger partial charge in [-0.1, -0.05) is 6.92 Å². The van der Waals surface area contributed by atoms with Gasteiger partial charge in [0.1, 0.15) is 5.76 Å². The summed E-state index contributed by atoms with van der Waals surface area (Å²) in [5.74, 6) is 0.645. The van der Waals surface area contributed by atoms with Crippen LogP contribution in [0.3, 0.4) is 0 Å². The Balaban J connectivity index is 2.09. The minimum absolute atomic E-state index is 0.164. The summed E-state index contributed by atoms with van der Waals surface area (Å²) in [5.41, 5.74) is 0. The number of nitrogens with one attached hydrogen (secondary N) is 2. The first kappa shape index (κ1) is 16.0. The zero-order valence-electron chi connectivity index (χ0n) is 11.8. The summed E-state index contributed by atoms with van der Waals surface area (Å²) in [4.78, 5) is 25.9. The van der Waals surface area contributed by atoms with E-state index in [4.69, 9.17) is 9.52 Å². The van der Waals surface area contributed by atoms with Gasteiger partial charge in [-0.15, -0.1) is 0 Å². The second-order valence-corrected chi connectivity index (χ2v) is 4.80. The van der Waals surface area contributed by atoms with Crippen molar-refractivity contribution in [2.24, 2.45) is 5.92 Å². The molecule has 3 N–H and O–H groups in total. The second kappa shape index (κ2) is 8.19. The summed E-state index contributed by atoms with van der Waals surface area (Å²) in [6.45, 7) is 4.51. The molecule has 1 aromatic heterocycles. The highest BCUT2D eigenvalue weighted by molar-refractivity contribution is 5.73. The number of hydrogen-bond acceptors (Lipinski definition) is 4. The lowest BCUT2D eigenvalue weighted by atomic mass is 10.0. The van der Waals surface area contributed by atoms with Gasteiger partial charge in [-0.3, -0.25) is 4.79 Å². The first-order valence-corrected chi connectivity index (χ1v) is 6.62. The Hall–Kier alpha value is -2.05. The fourth-order valence-electron chi connectivity index (χ4n) is 1.65. The molecule has 0 aliphatic carbocycles. The number of urea groups is 1. The van der Waals surface area contributed by atoms with Crippen molar-refractivity contribution in [1.29, 1.82) is 0 Å². The Morgan fingerprint density at radius 3 is 2.75 bits per heavy atom. The molecule has 20 heavy (non-hydrogen) atoms. The summed E-state index contributed by atoms with van der Waals surface area (Å²) in [5, 5.41) is 13.9. The van der Waals surface area contributed by atoms with Gasteiger partial charge >= 0.3 is 12.0 Å². The average molecular weight is 283 g/mol. The minimum Gasteiger partial charge on any atom is -0.481 e. The van der Waals surface area contributed by atoms with Crippen molar-refractivity contribution in [1.82, 2.24) is 15.6 Å². The maximum atomic E-state index is 11.5. The molecule has 1 unspecified atom stereocenters. The molecule has 1 heterocycles. The summed E-state index contributed by atoms with van der Waals surface area (Å²) >= 11 is 0. The van der Waals surface area contributed by atoms with E-state index in [1.807, 2.05) is 6.92 Å². The lowest BCUT2D eigenvalue weighted by molar-refractivity contribution is -0.137. The van der Waals surface area contributed by atoms with Crippen LogP contribution in [0.2, 0.25) is 0 Å². The third kappa shape index (κ3) is 6.77. The maximum absolute atomic E-state index is 11.5. The molecule has 0 aliphatic rings. The van der Waals surface area contributed by atoms with Crippen LogP contribution in [0.1, 0.15) is 37.8 Å². The third-order valence-electron chi connectivity index (χ3n) is 2.84. The van der Waals surface area contributed by atoms with Crippen LogP contribution in [0, 0.1) is 12.8 Å². The Morgan fingerprint density at radius 1 is 1.40 bits per heavy atom. The van der Waals surface area contributed by atoms with Crippen molar-refractivity contribution in [2.75, 3.05) is 6.54 Å². The van der Waals surface area contributed by atoms with Crippen molar-refractivity contribution < 1.29 is 19.1 Å². The van der Waals surface area contributed by atoms with E-state index < -0.39 is 5.97 Å². The van der Waals surface area contributed by atoms with Gasteiger partial charge in [0.15, 0.2) is 0 Å². The van der Waals surface area contributed by atoms with Gasteiger partial charge in [0, 0.05) is 13.0 Å². The van der Waals surface area contributed by atoms with Crippen LogP contribution in [-0.4, -0.2) is 28.6 Å². The van der Waals surface area contributed by atoms with Crippen LogP contribution in [-0.2, 0) is 11.3 Å². The van der Waals surface area contributed by atoms with Crippen molar-refractivity contribution >= 4 is 12.0 Å². The van der Waals surface area contributed by atoms with Gasteiger partial charge in [-0.2, -0.15) is 0 Å². The van der Waals surface area contributed by atoms with Crippen LogP contribution < -0.4 is 10.6 Å². The number of rotatable bonds is 8. The van der Waals surface area contributed by atoms with Crippen molar-refractivity contribution in [3.63, 3.8) is 0 Å². The minimum atomic E-state index is -0.788. The summed E-state index contributed by atoms with van der Waals surface area (Å²) in [6, 6.07) is -0.286. The number of amides is 2. The molecule has 112 valence electrons. The van der Waals surface area contributed by atoms with Crippen LogP contribution in [0.15, 0.2) is 10.6 Å². The van der Waals surface area contributed by atoms with Crippen molar-refractivity contribution in [3.8, 4) is 0 Å². The topological polar surface area (TPSA) is 104 Å². The Bertz CT molecular complexity index is 445. The smallest absolute Gasteiger partial charge is 0.315 e. The van der Waals surface area contributed by atoms with Crippen molar-refractivity contribution in [3.05, 3.63) is 17.8 Å². The first-order chi connectivity index (χ1) is 9.47. The summed E-state index contributed by atoms with van der Waals surface area (Å²) in [6.07, 6.45) is 3.13. The fraction of sp³-hybridized carbons (Fsp3) is 0.615. The van der Waals surface area contributed by atoms with E-state index in [1.54, 1.807) is 13.1 Å². The van der Waals surface area contributed by atoms with E-state index in [0.29, 0.717) is 24.6 Å². The molecule has 0 saturated carbocycles. The zero-order valence-corrected chi connectivity index (χ0v) is 11.8. The van der Waals surface area contributed by atoms with Gasteiger partial charge in [-0.25, -0.2) is 9.78 Å². The highest BCUT2D eigenvalue weighted by Gasteiger charge is 2.07. The van der Waals surface area contributed by atoms with Gasteiger partial charge in [0.25, 0.3) is 0 Å². The molecule has 0 radical (unpaired) electrons. The van der Waals surface area contributed by atoms with E-state index in [1.165, 1.54) is 0 Å². The highest BCUT2D eigenvalue weighted by Crippen LogP contribution is 2.09. The lowest BCUT2D eigenvalue weighted by Gasteiger charge is -2.11. The van der Waals surface area contributed by atoms with E-state index in [0.717, 1.165) is 6.42 Å². The Kier molecular flexibility index (Phi) is 6.55. The summed E-state index contributed by atoms with van der Waals surface area (Å²) in [7, 11) is 0. The quantitative estimate of drug-likeness (QED) is 0.673. The molecule has 7 heteroatoms. The second-order valence-electron chi connectivity index (χ2n) is 4.80. The van der Waals surface area contributed by atoms with Gasteiger partial charge in [0.05, 0.1) is 12.7 Å². The zero-order chi connectivity index (χ0) is 15.0. The van der Waals surface area contributed by atoms with Crippen LogP contribution in [0.5, 0.6) is 0 Å². The van der Waals surface area contributed by atoms with Crippen molar-refractivity contribution in [2.45, 2.75) is 39.7 Å². The highest BCUT2D eigenvalue weighted by atomic mass is 16.4. The molecule has 0 aliphatic heterocycles. The van der Waals surface area contributed by atoms with E-state index >= 15 is 0 Å². The molecule has 0 saturated heterocycles. The van der Waals surface area contributed by atoms with E-state index in [2.05, 4.69) is 15.6 Å². The predicted molar refractivity (Wildman–Crippen MR) is 72.1 cm³/mol. The average Bonchev–Trinajstić information content (AvgIpc) is 2.80. The molecule has 0 fully saturated rings. The fourth-order valence-corrected chi connectivity index (χ4v) is 1.65. The summed E-state index contributed by atoms with van der Waals surface area (Å²) < 4.78 is 5.22. The third-order valence-corrected chi connectivity index (χ3v) is 2.84. The molecule has 7 nitrogen and oxygen atoms in total. The number of carboxylic acid groups (broad SMARTS) is 1. The monoisotopic (exact) mass is 283 g/mol. The normalized spacial score (nSPS) is 11.9. The van der Waals surface area contributed by atoms with E-state index in [-0.39, 0.29) is 24.9 Å². The largest absolute Gasteiger partial charge is 0.481 e. The molecule has 1 atom stereocenters. The molecule has 1 aromatic rings.